The molecule has 2 aliphatic rings. The zero-order valence-electron chi connectivity index (χ0n) is 18.5. The molecule has 0 radical (unpaired) electrons. The fourth-order valence-corrected chi connectivity index (χ4v) is 5.50. The average Bonchev–Trinajstić information content (AvgIpc) is 2.97. The third-order valence-corrected chi connectivity index (χ3v) is 7.64. The van der Waals surface area contributed by atoms with E-state index in [1.54, 1.807) is 43.5 Å². The van der Waals surface area contributed by atoms with Crippen molar-refractivity contribution in [1.82, 2.24) is 4.31 Å². The van der Waals surface area contributed by atoms with E-state index in [9.17, 15) is 18.0 Å². The highest BCUT2D eigenvalue weighted by Crippen LogP contribution is 2.30. The fraction of sp³-hybridized carbons (Fsp3) is 0.391. The molecule has 0 bridgehead atoms. The van der Waals surface area contributed by atoms with Crippen molar-refractivity contribution < 1.29 is 27.5 Å². The molecule has 2 amide bonds. The van der Waals surface area contributed by atoms with Gasteiger partial charge >= 0.3 is 0 Å². The number of anilines is 2. The molecule has 2 heterocycles. The van der Waals surface area contributed by atoms with Gasteiger partial charge < -0.3 is 19.7 Å². The number of hydrogen-bond donors (Lipinski definition) is 1. The molecule has 1 N–H and O–H groups in total. The summed E-state index contributed by atoms with van der Waals surface area (Å²) >= 11 is 0. The van der Waals surface area contributed by atoms with Crippen LogP contribution in [0, 0.1) is 0 Å². The van der Waals surface area contributed by atoms with Gasteiger partial charge in [0.15, 0.2) is 0 Å². The molecule has 0 atom stereocenters. The number of benzene rings is 2. The predicted octanol–water partition coefficient (Wildman–Crippen LogP) is 2.02. The number of ether oxygens (including phenoxy) is 2. The minimum atomic E-state index is -3.65. The second-order valence-electron chi connectivity index (χ2n) is 7.92. The Bertz CT molecular complexity index is 1140. The number of carbonyl (C=O) groups is 2. The molecular weight excluding hydrogens is 446 g/mol. The summed E-state index contributed by atoms with van der Waals surface area (Å²) < 4.78 is 38.0. The zero-order valence-corrected chi connectivity index (χ0v) is 19.3. The molecule has 10 heteroatoms. The lowest BCUT2D eigenvalue weighted by Crippen LogP contribution is -2.40. The quantitative estimate of drug-likeness (QED) is 0.688. The first-order valence-corrected chi connectivity index (χ1v) is 12.3. The Labute approximate surface area is 193 Å². The van der Waals surface area contributed by atoms with Crippen molar-refractivity contribution in [2.24, 2.45) is 0 Å². The van der Waals surface area contributed by atoms with E-state index in [1.165, 1.54) is 15.3 Å². The van der Waals surface area contributed by atoms with Gasteiger partial charge in [0.25, 0.3) is 0 Å². The van der Waals surface area contributed by atoms with E-state index >= 15 is 0 Å². The number of rotatable bonds is 6. The lowest BCUT2D eigenvalue weighted by molar-refractivity contribution is -0.121. The number of methoxy groups -OCH3 is 1. The van der Waals surface area contributed by atoms with Crippen molar-refractivity contribution in [3.05, 3.63) is 48.0 Å². The maximum Gasteiger partial charge on any atom is 0.244 e. The van der Waals surface area contributed by atoms with Crippen LogP contribution in [0.25, 0.3) is 0 Å². The predicted molar refractivity (Wildman–Crippen MR) is 123 cm³/mol. The first kappa shape index (κ1) is 23.2. The smallest absolute Gasteiger partial charge is 0.244 e. The van der Waals surface area contributed by atoms with E-state index in [4.69, 9.17) is 9.47 Å². The molecular formula is C23H27N3O6S. The van der Waals surface area contributed by atoms with Crippen molar-refractivity contribution in [2.45, 2.75) is 24.2 Å². The number of hydrogen-bond acceptors (Lipinski definition) is 6. The standard InChI is InChI=1S/C23H27N3O6S/c1-31-19-6-3-5-18(15-19)24-22(27)16-26-21-9-8-20(14-17(21)4-2-7-23(26)28)33(29,30)25-10-12-32-13-11-25/h3,5-6,8-9,14-15H,2,4,7,10-13,16H2,1H3,(H,24,27). The Kier molecular flexibility index (Phi) is 6.96. The third kappa shape index (κ3) is 5.18. The topological polar surface area (TPSA) is 105 Å². The molecule has 2 aromatic carbocycles. The van der Waals surface area contributed by atoms with E-state index in [0.29, 0.717) is 56.3 Å². The maximum absolute atomic E-state index is 13.1. The molecule has 0 aliphatic carbocycles. The van der Waals surface area contributed by atoms with Gasteiger partial charge in [-0.15, -0.1) is 0 Å². The van der Waals surface area contributed by atoms with Crippen LogP contribution in [0.3, 0.4) is 0 Å². The first-order chi connectivity index (χ1) is 15.9. The number of amides is 2. The van der Waals surface area contributed by atoms with Crippen LogP contribution in [0.1, 0.15) is 18.4 Å². The number of nitrogens with zero attached hydrogens (tertiary/aromatic N) is 2. The molecule has 2 aromatic rings. The van der Waals surface area contributed by atoms with Gasteiger partial charge in [0.05, 0.1) is 25.2 Å². The Balaban J connectivity index is 1.56. The summed E-state index contributed by atoms with van der Waals surface area (Å²) in [6, 6.07) is 11.7. The zero-order chi connectivity index (χ0) is 23.4. The maximum atomic E-state index is 13.1. The van der Waals surface area contributed by atoms with E-state index in [2.05, 4.69) is 5.32 Å². The summed E-state index contributed by atoms with van der Waals surface area (Å²) in [5, 5.41) is 2.79. The van der Waals surface area contributed by atoms with E-state index < -0.39 is 10.0 Å². The van der Waals surface area contributed by atoms with Crippen LogP contribution in [0.2, 0.25) is 0 Å². The minimum absolute atomic E-state index is 0.168. The van der Waals surface area contributed by atoms with Crippen LogP contribution in [-0.2, 0) is 30.8 Å². The van der Waals surface area contributed by atoms with Crippen molar-refractivity contribution >= 4 is 33.2 Å². The second-order valence-corrected chi connectivity index (χ2v) is 9.86. The largest absolute Gasteiger partial charge is 0.497 e. The molecule has 1 saturated heterocycles. The van der Waals surface area contributed by atoms with Crippen molar-refractivity contribution in [1.29, 1.82) is 0 Å². The normalized spacial score (nSPS) is 17.2. The van der Waals surface area contributed by atoms with Crippen molar-refractivity contribution in [2.75, 3.05) is 50.2 Å². The van der Waals surface area contributed by atoms with Gasteiger partial charge in [-0.3, -0.25) is 9.59 Å². The highest BCUT2D eigenvalue weighted by molar-refractivity contribution is 7.89. The molecule has 2 aliphatic heterocycles. The number of carbonyl (C=O) groups excluding carboxylic acids is 2. The lowest BCUT2D eigenvalue weighted by atomic mass is 10.1. The van der Waals surface area contributed by atoms with Crippen LogP contribution in [0.4, 0.5) is 11.4 Å². The summed E-state index contributed by atoms with van der Waals surface area (Å²) in [7, 11) is -2.11. The van der Waals surface area contributed by atoms with E-state index in [0.717, 1.165) is 5.56 Å². The Morgan fingerprint density at radius 2 is 1.91 bits per heavy atom. The molecule has 33 heavy (non-hydrogen) atoms. The van der Waals surface area contributed by atoms with Crippen LogP contribution < -0.4 is 15.0 Å². The molecule has 4 rings (SSSR count). The summed E-state index contributed by atoms with van der Waals surface area (Å²) in [6.07, 6.45) is 1.43. The van der Waals surface area contributed by atoms with Crippen molar-refractivity contribution in [3.63, 3.8) is 0 Å². The van der Waals surface area contributed by atoms with E-state index in [1.807, 2.05) is 0 Å². The summed E-state index contributed by atoms with van der Waals surface area (Å²) in [4.78, 5) is 27.1. The number of nitrogens with one attached hydrogen (secondary N) is 1. The average molecular weight is 474 g/mol. The number of fused-ring (bicyclic) bond motifs is 1. The number of sulfonamides is 1. The SMILES string of the molecule is COc1cccc(NC(=O)CN2C(=O)CCCc3cc(S(=O)(=O)N4CCOCC4)ccc32)c1. The number of morpholine rings is 1. The van der Waals surface area contributed by atoms with Crippen molar-refractivity contribution in [3.8, 4) is 5.75 Å². The molecule has 0 saturated carbocycles. The van der Waals surface area contributed by atoms with Crippen LogP contribution >= 0.6 is 0 Å². The van der Waals surface area contributed by atoms with Gasteiger partial charge in [0.1, 0.15) is 12.3 Å². The van der Waals surface area contributed by atoms with E-state index in [-0.39, 0.29) is 29.7 Å². The Hall–Kier alpha value is -2.95. The molecule has 0 unspecified atom stereocenters. The summed E-state index contributed by atoms with van der Waals surface area (Å²) in [6.45, 7) is 1.20. The van der Waals surface area contributed by atoms with Gasteiger partial charge in [-0.2, -0.15) is 4.31 Å². The number of aryl methyl sites for hydroxylation is 1. The highest BCUT2D eigenvalue weighted by Gasteiger charge is 2.29. The van der Waals surface area contributed by atoms with Crippen LogP contribution in [0.15, 0.2) is 47.4 Å². The lowest BCUT2D eigenvalue weighted by Gasteiger charge is -2.27. The summed E-state index contributed by atoms with van der Waals surface area (Å²) in [5.74, 6) is 0.0887. The molecule has 0 spiro atoms. The third-order valence-electron chi connectivity index (χ3n) is 5.74. The molecule has 176 valence electrons. The second kappa shape index (κ2) is 9.90. The highest BCUT2D eigenvalue weighted by atomic mass is 32.2. The molecule has 1 fully saturated rings. The first-order valence-electron chi connectivity index (χ1n) is 10.8. The van der Waals surface area contributed by atoms with Gasteiger partial charge in [-0.05, 0) is 48.7 Å². The molecule has 0 aromatic heterocycles. The minimum Gasteiger partial charge on any atom is -0.497 e. The summed E-state index contributed by atoms with van der Waals surface area (Å²) in [5.41, 5.74) is 1.87. The Morgan fingerprint density at radius 1 is 1.12 bits per heavy atom. The Morgan fingerprint density at radius 3 is 2.67 bits per heavy atom. The van der Waals surface area contributed by atoms with Crippen LogP contribution in [0.5, 0.6) is 5.75 Å². The molecule has 9 nitrogen and oxygen atoms in total. The van der Waals surface area contributed by atoms with Gasteiger partial charge in [-0.1, -0.05) is 6.07 Å². The fourth-order valence-electron chi connectivity index (χ4n) is 4.04. The van der Waals surface area contributed by atoms with Gasteiger partial charge in [0.2, 0.25) is 21.8 Å². The van der Waals surface area contributed by atoms with Crippen LogP contribution in [-0.4, -0.2) is 64.5 Å². The van der Waals surface area contributed by atoms with Gasteiger partial charge in [0, 0.05) is 37.0 Å². The van der Waals surface area contributed by atoms with Gasteiger partial charge in [-0.25, -0.2) is 8.42 Å². The monoisotopic (exact) mass is 473 g/mol.